The van der Waals surface area contributed by atoms with E-state index in [0.717, 1.165) is 29.8 Å². The van der Waals surface area contributed by atoms with Gasteiger partial charge < -0.3 is 10.2 Å². The predicted molar refractivity (Wildman–Crippen MR) is 104 cm³/mol. The number of aryl methyl sites for hydroxylation is 1. The Bertz CT molecular complexity index is 803. The molecular formula is C21H25N3O2. The Labute approximate surface area is 154 Å². The number of amides is 2. The first-order valence-corrected chi connectivity index (χ1v) is 9.03. The van der Waals surface area contributed by atoms with Gasteiger partial charge in [-0.1, -0.05) is 43.3 Å². The smallest absolute Gasteiger partial charge is 0.241 e. The maximum absolute atomic E-state index is 12.6. The zero-order chi connectivity index (χ0) is 18.5. The first-order chi connectivity index (χ1) is 12.6. The van der Waals surface area contributed by atoms with Gasteiger partial charge in [0.15, 0.2) is 0 Å². The van der Waals surface area contributed by atoms with E-state index in [1.165, 1.54) is 5.56 Å². The van der Waals surface area contributed by atoms with Crippen molar-refractivity contribution >= 4 is 23.2 Å². The first-order valence-electron chi connectivity index (χ1n) is 9.03. The van der Waals surface area contributed by atoms with E-state index in [1.54, 1.807) is 11.9 Å². The highest BCUT2D eigenvalue weighted by Gasteiger charge is 2.25. The number of benzene rings is 2. The number of fused-ring (bicyclic) bond motifs is 1. The molecule has 1 heterocycles. The molecule has 0 aliphatic carbocycles. The number of hydrogen-bond acceptors (Lipinski definition) is 3. The number of carbonyl (C=O) groups is 2. The van der Waals surface area contributed by atoms with Crippen LogP contribution >= 0.6 is 0 Å². The van der Waals surface area contributed by atoms with Gasteiger partial charge in [-0.15, -0.1) is 0 Å². The summed E-state index contributed by atoms with van der Waals surface area (Å²) in [5.41, 5.74) is 4.14. The van der Waals surface area contributed by atoms with Crippen LogP contribution in [0.5, 0.6) is 0 Å². The minimum Gasteiger partial charge on any atom is -0.325 e. The summed E-state index contributed by atoms with van der Waals surface area (Å²) in [4.78, 5) is 28.5. The van der Waals surface area contributed by atoms with Crippen molar-refractivity contribution in [1.82, 2.24) is 4.90 Å². The second kappa shape index (κ2) is 8.15. The molecule has 1 N–H and O–H groups in total. The van der Waals surface area contributed by atoms with Gasteiger partial charge in [0.05, 0.1) is 13.1 Å². The Hall–Kier alpha value is -2.66. The third-order valence-corrected chi connectivity index (χ3v) is 4.68. The Morgan fingerprint density at radius 3 is 2.62 bits per heavy atom. The largest absolute Gasteiger partial charge is 0.325 e. The Morgan fingerprint density at radius 2 is 1.81 bits per heavy atom. The molecule has 0 fully saturated rings. The number of nitrogens with zero attached hydrogens (tertiary/aromatic N) is 2. The highest BCUT2D eigenvalue weighted by molar-refractivity contribution is 5.97. The van der Waals surface area contributed by atoms with Gasteiger partial charge >= 0.3 is 0 Å². The van der Waals surface area contributed by atoms with Crippen molar-refractivity contribution in [2.24, 2.45) is 0 Å². The molecule has 3 rings (SSSR count). The van der Waals surface area contributed by atoms with E-state index in [2.05, 4.69) is 18.3 Å². The number of anilines is 2. The van der Waals surface area contributed by atoms with Crippen molar-refractivity contribution in [2.45, 2.75) is 19.8 Å². The molecule has 0 saturated heterocycles. The maximum Gasteiger partial charge on any atom is 0.241 e. The van der Waals surface area contributed by atoms with Gasteiger partial charge in [0.25, 0.3) is 0 Å². The van der Waals surface area contributed by atoms with E-state index in [0.29, 0.717) is 6.54 Å². The van der Waals surface area contributed by atoms with Crippen LogP contribution in [0.1, 0.15) is 18.1 Å². The number of nitrogens with one attached hydrogen (secondary N) is 1. The summed E-state index contributed by atoms with van der Waals surface area (Å²) in [6.45, 7) is 3.17. The standard InChI is InChI=1S/C21H25N3O2/c1-3-16-8-4-6-10-18(16)22-20(25)14-23(2)15-21(26)24-13-12-17-9-5-7-11-19(17)24/h4-11H,3,12-15H2,1-2H3,(H,22,25). The molecule has 0 aromatic heterocycles. The third-order valence-electron chi connectivity index (χ3n) is 4.68. The molecule has 5 nitrogen and oxygen atoms in total. The molecule has 1 aliphatic heterocycles. The molecule has 5 heteroatoms. The zero-order valence-corrected chi connectivity index (χ0v) is 15.4. The minimum atomic E-state index is -0.108. The Kier molecular flexibility index (Phi) is 5.68. The van der Waals surface area contributed by atoms with Crippen molar-refractivity contribution in [2.75, 3.05) is 36.9 Å². The summed E-state index contributed by atoms with van der Waals surface area (Å²) in [6.07, 6.45) is 1.75. The van der Waals surface area contributed by atoms with Gasteiger partial charge in [-0.25, -0.2) is 0 Å². The lowest BCUT2D eigenvalue weighted by atomic mass is 10.1. The maximum atomic E-state index is 12.6. The summed E-state index contributed by atoms with van der Waals surface area (Å²) in [7, 11) is 1.80. The molecule has 0 unspecified atom stereocenters. The molecule has 0 bridgehead atoms. The quantitative estimate of drug-likeness (QED) is 0.871. The minimum absolute atomic E-state index is 0.0270. The number of carbonyl (C=O) groups excluding carboxylic acids is 2. The SMILES string of the molecule is CCc1ccccc1NC(=O)CN(C)CC(=O)N1CCc2ccccc21. The van der Waals surface area contributed by atoms with E-state index in [-0.39, 0.29) is 24.9 Å². The zero-order valence-electron chi connectivity index (χ0n) is 15.4. The molecule has 2 aromatic carbocycles. The molecule has 26 heavy (non-hydrogen) atoms. The molecule has 0 radical (unpaired) electrons. The van der Waals surface area contributed by atoms with Crippen molar-refractivity contribution in [3.05, 3.63) is 59.7 Å². The van der Waals surface area contributed by atoms with Crippen LogP contribution in [0.15, 0.2) is 48.5 Å². The van der Waals surface area contributed by atoms with Crippen molar-refractivity contribution < 1.29 is 9.59 Å². The average Bonchev–Trinajstić information content (AvgIpc) is 3.06. The molecule has 0 saturated carbocycles. The third kappa shape index (κ3) is 4.11. The topological polar surface area (TPSA) is 52.7 Å². The highest BCUT2D eigenvalue weighted by Crippen LogP contribution is 2.27. The summed E-state index contributed by atoms with van der Waals surface area (Å²) in [6, 6.07) is 15.8. The van der Waals surface area contributed by atoms with Crippen molar-refractivity contribution in [1.29, 1.82) is 0 Å². The van der Waals surface area contributed by atoms with Crippen LogP contribution in [-0.2, 0) is 22.4 Å². The predicted octanol–water partition coefficient (Wildman–Crippen LogP) is 2.71. The lowest BCUT2D eigenvalue weighted by Gasteiger charge is -2.22. The lowest BCUT2D eigenvalue weighted by molar-refractivity contribution is -0.120. The van der Waals surface area contributed by atoms with Crippen LogP contribution in [0.3, 0.4) is 0 Å². The monoisotopic (exact) mass is 351 g/mol. The Balaban J connectivity index is 1.55. The van der Waals surface area contributed by atoms with Gasteiger partial charge in [-0.3, -0.25) is 14.5 Å². The normalized spacial score (nSPS) is 13.0. The van der Waals surface area contributed by atoms with Gasteiger partial charge in [0, 0.05) is 17.9 Å². The van der Waals surface area contributed by atoms with Crippen molar-refractivity contribution in [3.8, 4) is 0 Å². The number of para-hydroxylation sites is 2. The van der Waals surface area contributed by atoms with Gasteiger partial charge in [-0.2, -0.15) is 0 Å². The second-order valence-electron chi connectivity index (χ2n) is 6.66. The molecule has 2 amide bonds. The van der Waals surface area contributed by atoms with Gasteiger partial charge in [0.1, 0.15) is 0 Å². The van der Waals surface area contributed by atoms with Crippen LogP contribution < -0.4 is 10.2 Å². The van der Waals surface area contributed by atoms with E-state index in [9.17, 15) is 9.59 Å². The summed E-state index contributed by atoms with van der Waals surface area (Å²) < 4.78 is 0. The van der Waals surface area contributed by atoms with Gasteiger partial charge in [-0.05, 0) is 43.1 Å². The fraction of sp³-hybridized carbons (Fsp3) is 0.333. The Morgan fingerprint density at radius 1 is 1.08 bits per heavy atom. The van der Waals surface area contributed by atoms with Crippen LogP contribution in [0.25, 0.3) is 0 Å². The van der Waals surface area contributed by atoms with E-state index < -0.39 is 0 Å². The van der Waals surface area contributed by atoms with Crippen LogP contribution in [0.4, 0.5) is 11.4 Å². The fourth-order valence-electron chi connectivity index (χ4n) is 3.35. The first kappa shape index (κ1) is 18.1. The molecule has 136 valence electrons. The number of rotatable bonds is 6. The highest BCUT2D eigenvalue weighted by atomic mass is 16.2. The van der Waals surface area contributed by atoms with Crippen LogP contribution in [0, 0.1) is 0 Å². The summed E-state index contributed by atoms with van der Waals surface area (Å²) in [5, 5.41) is 2.95. The van der Waals surface area contributed by atoms with E-state index in [4.69, 9.17) is 0 Å². The molecule has 0 atom stereocenters. The molecule has 1 aliphatic rings. The van der Waals surface area contributed by atoms with E-state index >= 15 is 0 Å². The average molecular weight is 351 g/mol. The van der Waals surface area contributed by atoms with Gasteiger partial charge in [0.2, 0.25) is 11.8 Å². The second-order valence-corrected chi connectivity index (χ2v) is 6.66. The molecule has 2 aromatic rings. The number of hydrogen-bond donors (Lipinski definition) is 1. The fourth-order valence-corrected chi connectivity index (χ4v) is 3.35. The van der Waals surface area contributed by atoms with E-state index in [1.807, 2.05) is 47.4 Å². The summed E-state index contributed by atoms with van der Waals surface area (Å²) in [5.74, 6) is -0.0813. The van der Waals surface area contributed by atoms with Crippen LogP contribution in [-0.4, -0.2) is 43.4 Å². The van der Waals surface area contributed by atoms with Crippen LogP contribution in [0.2, 0.25) is 0 Å². The van der Waals surface area contributed by atoms with Crippen molar-refractivity contribution in [3.63, 3.8) is 0 Å². The lowest BCUT2D eigenvalue weighted by Crippen LogP contribution is -2.40. The molecule has 0 spiro atoms. The summed E-state index contributed by atoms with van der Waals surface area (Å²) >= 11 is 0. The molecular weight excluding hydrogens is 326 g/mol. The number of likely N-dealkylation sites (N-methyl/N-ethyl adjacent to an activating group) is 1.